The van der Waals surface area contributed by atoms with Gasteiger partial charge in [0.25, 0.3) is 11.8 Å². The summed E-state index contributed by atoms with van der Waals surface area (Å²) in [6.45, 7) is 1.85. The highest BCUT2D eigenvalue weighted by atomic mass is 16.3. The van der Waals surface area contributed by atoms with E-state index in [4.69, 9.17) is 4.42 Å². The van der Waals surface area contributed by atoms with Crippen molar-refractivity contribution in [2.24, 2.45) is 0 Å². The maximum Gasteiger partial charge on any atom is 0.291 e. The molecule has 0 aliphatic carbocycles. The average molecular weight is 416 g/mol. The number of carbonyl (C=O) groups is 2. The summed E-state index contributed by atoms with van der Waals surface area (Å²) in [4.78, 5) is 27.0. The molecule has 0 spiro atoms. The van der Waals surface area contributed by atoms with Gasteiger partial charge in [0.15, 0.2) is 5.76 Å². The molecule has 4 aromatic rings. The minimum Gasteiger partial charge on any atom is -0.459 e. The lowest BCUT2D eigenvalue weighted by atomic mass is 10.1. The van der Waals surface area contributed by atoms with E-state index in [1.165, 1.54) is 6.26 Å². The van der Waals surface area contributed by atoms with Crippen molar-refractivity contribution in [1.29, 1.82) is 0 Å². The van der Waals surface area contributed by atoms with Gasteiger partial charge in [0.1, 0.15) is 0 Å². The summed E-state index contributed by atoms with van der Waals surface area (Å²) >= 11 is 0. The zero-order chi connectivity index (χ0) is 21.8. The van der Waals surface area contributed by atoms with Crippen molar-refractivity contribution in [3.63, 3.8) is 0 Å². The molecule has 0 saturated heterocycles. The van der Waals surface area contributed by atoms with Crippen molar-refractivity contribution >= 4 is 34.1 Å². The number of aromatic nitrogens is 1. The van der Waals surface area contributed by atoms with Crippen molar-refractivity contribution in [1.82, 2.24) is 9.47 Å². The van der Waals surface area contributed by atoms with Crippen LogP contribution in [0.5, 0.6) is 0 Å². The minimum atomic E-state index is -0.369. The number of nitrogens with one attached hydrogen (secondary N) is 2. The molecule has 2 amide bonds. The molecular formula is C24H24N4O3. The maximum atomic E-state index is 12.7. The predicted molar refractivity (Wildman–Crippen MR) is 122 cm³/mol. The SMILES string of the molecule is CN(C)CCn1ccc2cc(NC(=O)c3cccc(NC(=O)c4ccco4)c3)ccc21. The molecule has 0 aliphatic heterocycles. The lowest BCUT2D eigenvalue weighted by molar-refractivity contribution is 0.0993. The number of likely N-dealkylation sites (N-methyl/N-ethyl adjacent to an activating group) is 1. The molecule has 0 atom stereocenters. The summed E-state index contributed by atoms with van der Waals surface area (Å²) < 4.78 is 7.29. The number of hydrogen-bond acceptors (Lipinski definition) is 4. The number of nitrogens with zero attached hydrogens (tertiary/aromatic N) is 2. The third-order valence-corrected chi connectivity index (χ3v) is 4.94. The first kappa shape index (κ1) is 20.4. The summed E-state index contributed by atoms with van der Waals surface area (Å²) in [7, 11) is 4.10. The number of carbonyl (C=O) groups excluding carboxylic acids is 2. The van der Waals surface area contributed by atoms with Gasteiger partial charge < -0.3 is 24.5 Å². The van der Waals surface area contributed by atoms with Gasteiger partial charge in [-0.3, -0.25) is 9.59 Å². The molecule has 2 N–H and O–H groups in total. The van der Waals surface area contributed by atoms with E-state index in [-0.39, 0.29) is 17.6 Å². The number of anilines is 2. The van der Waals surface area contributed by atoms with Gasteiger partial charge in [-0.2, -0.15) is 0 Å². The minimum absolute atomic E-state index is 0.209. The molecule has 7 heteroatoms. The van der Waals surface area contributed by atoms with Crippen LogP contribution in [0.1, 0.15) is 20.9 Å². The first-order valence-corrected chi connectivity index (χ1v) is 9.99. The summed E-state index contributed by atoms with van der Waals surface area (Å²) in [6.07, 6.45) is 3.50. The Hall–Kier alpha value is -3.84. The van der Waals surface area contributed by atoms with Crippen LogP contribution in [0.25, 0.3) is 10.9 Å². The van der Waals surface area contributed by atoms with Crippen molar-refractivity contribution in [3.8, 4) is 0 Å². The first-order chi connectivity index (χ1) is 15.0. The molecule has 2 aromatic carbocycles. The Morgan fingerprint density at radius 1 is 0.935 bits per heavy atom. The van der Waals surface area contributed by atoms with Crippen LogP contribution >= 0.6 is 0 Å². The Bertz CT molecular complexity index is 1210. The van der Waals surface area contributed by atoms with Crippen LogP contribution in [0.2, 0.25) is 0 Å². The van der Waals surface area contributed by atoms with Crippen molar-refractivity contribution in [2.75, 3.05) is 31.3 Å². The number of amides is 2. The molecule has 158 valence electrons. The lowest BCUT2D eigenvalue weighted by Crippen LogP contribution is -2.17. The molecule has 0 radical (unpaired) electrons. The number of hydrogen-bond donors (Lipinski definition) is 2. The Morgan fingerprint density at radius 3 is 2.52 bits per heavy atom. The first-order valence-electron chi connectivity index (χ1n) is 9.99. The van der Waals surface area contributed by atoms with Gasteiger partial charge in [0, 0.05) is 47.1 Å². The van der Waals surface area contributed by atoms with Crippen molar-refractivity contribution in [3.05, 3.63) is 84.4 Å². The lowest BCUT2D eigenvalue weighted by Gasteiger charge is -2.11. The molecule has 2 heterocycles. The van der Waals surface area contributed by atoms with Crippen LogP contribution in [0.4, 0.5) is 11.4 Å². The largest absolute Gasteiger partial charge is 0.459 e. The Kier molecular flexibility index (Phi) is 5.86. The van der Waals surface area contributed by atoms with E-state index in [9.17, 15) is 9.59 Å². The van der Waals surface area contributed by atoms with Crippen LogP contribution in [0.3, 0.4) is 0 Å². The maximum absolute atomic E-state index is 12.7. The second kappa shape index (κ2) is 8.89. The highest BCUT2D eigenvalue weighted by Crippen LogP contribution is 2.22. The molecule has 0 fully saturated rings. The van der Waals surface area contributed by atoms with Gasteiger partial charge in [-0.25, -0.2) is 0 Å². The standard InChI is InChI=1S/C24H24N4O3/c1-27(2)12-13-28-11-10-17-15-20(8-9-21(17)28)25-23(29)18-5-3-6-19(16-18)26-24(30)22-7-4-14-31-22/h3-11,14-16H,12-13H2,1-2H3,(H,25,29)(H,26,30). The summed E-state index contributed by atoms with van der Waals surface area (Å²) in [5.41, 5.74) is 2.80. The smallest absolute Gasteiger partial charge is 0.291 e. The van der Waals surface area contributed by atoms with E-state index in [1.54, 1.807) is 36.4 Å². The highest BCUT2D eigenvalue weighted by molar-refractivity contribution is 6.07. The monoisotopic (exact) mass is 416 g/mol. The third kappa shape index (κ3) is 4.84. The zero-order valence-corrected chi connectivity index (χ0v) is 17.5. The average Bonchev–Trinajstić information content (AvgIpc) is 3.42. The second-order valence-electron chi connectivity index (χ2n) is 7.55. The molecule has 0 saturated carbocycles. The molecule has 7 nitrogen and oxygen atoms in total. The Morgan fingerprint density at radius 2 is 1.74 bits per heavy atom. The quantitative estimate of drug-likeness (QED) is 0.471. The number of benzene rings is 2. The Balaban J connectivity index is 1.45. The van der Waals surface area contributed by atoms with Crippen LogP contribution < -0.4 is 10.6 Å². The third-order valence-electron chi connectivity index (χ3n) is 4.94. The molecular weight excluding hydrogens is 392 g/mol. The molecule has 4 rings (SSSR count). The number of fused-ring (bicyclic) bond motifs is 1. The van der Waals surface area contributed by atoms with Crippen LogP contribution in [0.15, 0.2) is 77.5 Å². The zero-order valence-electron chi connectivity index (χ0n) is 17.5. The van der Waals surface area contributed by atoms with Gasteiger partial charge in [-0.05, 0) is 68.7 Å². The fourth-order valence-electron chi connectivity index (χ4n) is 3.32. The van der Waals surface area contributed by atoms with Crippen LogP contribution in [0, 0.1) is 0 Å². The number of furan rings is 1. The van der Waals surface area contributed by atoms with Crippen LogP contribution in [-0.2, 0) is 6.54 Å². The van der Waals surface area contributed by atoms with E-state index in [0.29, 0.717) is 16.9 Å². The summed E-state index contributed by atoms with van der Waals surface area (Å²) in [5.74, 6) is -0.409. The molecule has 2 aromatic heterocycles. The molecule has 0 aliphatic rings. The highest BCUT2D eigenvalue weighted by Gasteiger charge is 2.12. The van der Waals surface area contributed by atoms with Gasteiger partial charge in [-0.15, -0.1) is 0 Å². The van der Waals surface area contributed by atoms with Gasteiger partial charge in [0.05, 0.1) is 6.26 Å². The molecule has 0 unspecified atom stereocenters. The van der Waals surface area contributed by atoms with Gasteiger partial charge >= 0.3 is 0 Å². The summed E-state index contributed by atoms with van der Waals surface area (Å²) in [5, 5.41) is 6.73. The second-order valence-corrected chi connectivity index (χ2v) is 7.55. The van der Waals surface area contributed by atoms with Gasteiger partial charge in [0.2, 0.25) is 0 Å². The fourth-order valence-corrected chi connectivity index (χ4v) is 3.32. The van der Waals surface area contributed by atoms with Crippen molar-refractivity contribution in [2.45, 2.75) is 6.54 Å². The van der Waals surface area contributed by atoms with E-state index in [0.717, 1.165) is 24.0 Å². The molecule has 0 bridgehead atoms. The number of rotatable bonds is 7. The van der Waals surface area contributed by atoms with Gasteiger partial charge in [-0.1, -0.05) is 6.07 Å². The van der Waals surface area contributed by atoms with Crippen LogP contribution in [-0.4, -0.2) is 41.9 Å². The van der Waals surface area contributed by atoms with E-state index < -0.39 is 0 Å². The normalized spacial score (nSPS) is 11.1. The summed E-state index contributed by atoms with van der Waals surface area (Å²) in [6, 6.07) is 17.9. The fraction of sp³-hybridized carbons (Fsp3) is 0.167. The topological polar surface area (TPSA) is 79.5 Å². The predicted octanol–water partition coefficient (Wildman–Crippen LogP) is 4.30. The van der Waals surface area contributed by atoms with Crippen molar-refractivity contribution < 1.29 is 14.0 Å². The van der Waals surface area contributed by atoms with E-state index in [2.05, 4.69) is 40.4 Å². The van der Waals surface area contributed by atoms with E-state index in [1.807, 2.05) is 24.3 Å². The molecule has 31 heavy (non-hydrogen) atoms. The van der Waals surface area contributed by atoms with E-state index >= 15 is 0 Å². The Labute approximate surface area is 180 Å².